The van der Waals surface area contributed by atoms with Gasteiger partial charge >= 0.3 is 5.69 Å². The number of halogens is 2. The lowest BCUT2D eigenvalue weighted by atomic mass is 10.1. The van der Waals surface area contributed by atoms with Gasteiger partial charge in [-0.05, 0) is 41.6 Å². The first-order chi connectivity index (χ1) is 12.9. The maximum absolute atomic E-state index is 12.2. The van der Waals surface area contributed by atoms with Crippen LogP contribution >= 0.6 is 35.0 Å². The van der Waals surface area contributed by atoms with Crippen LogP contribution in [0.1, 0.15) is 5.56 Å². The highest BCUT2D eigenvalue weighted by molar-refractivity contribution is 8.18. The Hall–Kier alpha value is -2.55. The van der Waals surface area contributed by atoms with E-state index in [9.17, 15) is 14.9 Å². The number of methoxy groups -OCH3 is 1. The summed E-state index contributed by atoms with van der Waals surface area (Å²) < 4.78 is 4.97. The number of thioether (sulfide) groups is 1. The molecule has 0 spiro atoms. The molecule has 0 aromatic heterocycles. The number of amides is 1. The van der Waals surface area contributed by atoms with Crippen LogP contribution in [-0.4, -0.2) is 23.1 Å². The molecule has 0 atom stereocenters. The average molecular weight is 424 g/mol. The Labute approximate surface area is 168 Å². The number of hydrogen-bond acceptors (Lipinski definition) is 6. The van der Waals surface area contributed by atoms with Crippen molar-refractivity contribution in [2.45, 2.75) is 0 Å². The normalized spacial score (nSPS) is 16.6. The Kier molecular flexibility index (Phi) is 5.69. The van der Waals surface area contributed by atoms with Gasteiger partial charge in [0.2, 0.25) is 0 Å². The molecule has 1 aliphatic rings. The van der Waals surface area contributed by atoms with Gasteiger partial charge in [0.05, 0.1) is 32.7 Å². The van der Waals surface area contributed by atoms with Gasteiger partial charge in [0.15, 0.2) is 10.9 Å². The lowest BCUT2D eigenvalue weighted by molar-refractivity contribution is -0.385. The van der Waals surface area contributed by atoms with Crippen molar-refractivity contribution in [2.24, 2.45) is 4.99 Å². The molecule has 27 heavy (non-hydrogen) atoms. The summed E-state index contributed by atoms with van der Waals surface area (Å²) in [6.07, 6.45) is 1.54. The molecule has 1 heterocycles. The van der Waals surface area contributed by atoms with Crippen molar-refractivity contribution in [2.75, 3.05) is 7.11 Å². The molecule has 0 radical (unpaired) electrons. The molecule has 3 rings (SSSR count). The van der Waals surface area contributed by atoms with Crippen LogP contribution in [-0.2, 0) is 4.79 Å². The molecular formula is C17H11Cl2N3O4S. The molecule has 7 nitrogen and oxygen atoms in total. The number of amidine groups is 1. The molecule has 2 aromatic carbocycles. The van der Waals surface area contributed by atoms with Crippen LogP contribution in [0.3, 0.4) is 0 Å². The first-order valence-corrected chi connectivity index (χ1v) is 9.02. The number of aliphatic imine (C=N–C) groups is 1. The van der Waals surface area contributed by atoms with Gasteiger partial charge < -0.3 is 10.1 Å². The minimum Gasteiger partial charge on any atom is -0.490 e. The minimum atomic E-state index is -0.545. The van der Waals surface area contributed by atoms with Gasteiger partial charge in [-0.15, -0.1) is 0 Å². The second kappa shape index (κ2) is 7.99. The molecule has 1 N–H and O–H groups in total. The Bertz CT molecular complexity index is 1010. The van der Waals surface area contributed by atoms with Crippen LogP contribution in [0.25, 0.3) is 6.08 Å². The van der Waals surface area contributed by atoms with Crippen molar-refractivity contribution in [1.82, 2.24) is 5.32 Å². The molecule has 0 bridgehead atoms. The lowest BCUT2D eigenvalue weighted by Gasteiger charge is -2.02. The van der Waals surface area contributed by atoms with Gasteiger partial charge in [0.25, 0.3) is 5.91 Å². The molecule has 10 heteroatoms. The molecule has 0 unspecified atom stereocenters. The molecule has 1 saturated heterocycles. The van der Waals surface area contributed by atoms with Crippen molar-refractivity contribution in [3.63, 3.8) is 0 Å². The molecule has 1 amide bonds. The van der Waals surface area contributed by atoms with Crippen molar-refractivity contribution < 1.29 is 14.5 Å². The average Bonchev–Trinajstić information content (AvgIpc) is 2.98. The van der Waals surface area contributed by atoms with Gasteiger partial charge in [-0.3, -0.25) is 14.9 Å². The molecule has 2 aromatic rings. The highest BCUT2D eigenvalue weighted by Gasteiger charge is 2.25. The molecule has 1 fully saturated rings. The summed E-state index contributed by atoms with van der Waals surface area (Å²) >= 11 is 13.2. The summed E-state index contributed by atoms with van der Waals surface area (Å²) in [5.41, 5.74) is 0.727. The number of ether oxygens (including phenoxy) is 1. The van der Waals surface area contributed by atoms with E-state index in [4.69, 9.17) is 27.9 Å². The number of rotatable bonds is 4. The van der Waals surface area contributed by atoms with Crippen LogP contribution in [0, 0.1) is 10.1 Å². The lowest BCUT2D eigenvalue weighted by Crippen LogP contribution is -2.19. The number of nitro benzene ring substituents is 1. The fraction of sp³-hybridized carbons (Fsp3) is 0.0588. The Morgan fingerprint density at radius 1 is 1.30 bits per heavy atom. The second-order valence-corrected chi connectivity index (χ2v) is 7.06. The van der Waals surface area contributed by atoms with Gasteiger partial charge in [-0.25, -0.2) is 4.99 Å². The maximum Gasteiger partial charge on any atom is 0.311 e. The second-order valence-electron chi connectivity index (χ2n) is 5.24. The van der Waals surface area contributed by atoms with E-state index < -0.39 is 4.92 Å². The van der Waals surface area contributed by atoms with Gasteiger partial charge in [-0.1, -0.05) is 35.3 Å². The quantitative estimate of drug-likeness (QED) is 0.432. The molecule has 138 valence electrons. The number of nitrogens with one attached hydrogen (secondary N) is 1. The van der Waals surface area contributed by atoms with Crippen molar-refractivity contribution in [3.8, 4) is 5.75 Å². The summed E-state index contributed by atoms with van der Waals surface area (Å²) in [6.45, 7) is 0. The third-order valence-electron chi connectivity index (χ3n) is 3.50. The van der Waals surface area contributed by atoms with Crippen LogP contribution in [0.15, 0.2) is 46.3 Å². The minimum absolute atomic E-state index is 0.142. The first kappa shape index (κ1) is 19.2. The fourth-order valence-electron chi connectivity index (χ4n) is 2.26. The Morgan fingerprint density at radius 2 is 2.07 bits per heavy atom. The standard InChI is InChI=1S/C17H11Cl2N3O4S/c1-26-13-6-5-9(7-12(13)22(24)25)8-14-16(23)21-17(27-14)20-11-4-2-3-10(18)15(11)19/h2-8H,1H3,(H,20,21,23)/b14-8-. The van der Waals surface area contributed by atoms with E-state index in [1.54, 1.807) is 24.3 Å². The summed E-state index contributed by atoms with van der Waals surface area (Å²) in [5.74, 6) is -0.223. The summed E-state index contributed by atoms with van der Waals surface area (Å²) in [6, 6.07) is 9.43. The summed E-state index contributed by atoms with van der Waals surface area (Å²) in [7, 11) is 1.35. The van der Waals surface area contributed by atoms with E-state index in [1.165, 1.54) is 25.3 Å². The van der Waals surface area contributed by atoms with E-state index >= 15 is 0 Å². The smallest absolute Gasteiger partial charge is 0.311 e. The molecule has 0 saturated carbocycles. The molecule has 1 aliphatic heterocycles. The predicted molar refractivity (Wildman–Crippen MR) is 107 cm³/mol. The van der Waals surface area contributed by atoms with Crippen molar-refractivity contribution >= 4 is 63.5 Å². The van der Waals surface area contributed by atoms with Gasteiger partial charge in [0.1, 0.15) is 0 Å². The van der Waals surface area contributed by atoms with Crippen LogP contribution in [0.2, 0.25) is 10.0 Å². The number of benzene rings is 2. The number of hydrogen-bond donors (Lipinski definition) is 1. The molecule has 0 aliphatic carbocycles. The zero-order chi connectivity index (χ0) is 19.6. The summed E-state index contributed by atoms with van der Waals surface area (Å²) in [5, 5.41) is 14.7. The fourth-order valence-corrected chi connectivity index (χ4v) is 3.43. The van der Waals surface area contributed by atoms with E-state index in [1.807, 2.05) is 0 Å². The van der Waals surface area contributed by atoms with Gasteiger partial charge in [0, 0.05) is 6.07 Å². The largest absolute Gasteiger partial charge is 0.490 e. The third-order valence-corrected chi connectivity index (χ3v) is 5.22. The molecular weight excluding hydrogens is 413 g/mol. The Morgan fingerprint density at radius 3 is 2.78 bits per heavy atom. The number of nitro groups is 1. The van der Waals surface area contributed by atoms with Crippen molar-refractivity contribution in [1.29, 1.82) is 0 Å². The van der Waals surface area contributed by atoms with E-state index in [0.29, 0.717) is 26.3 Å². The monoisotopic (exact) mass is 423 g/mol. The van der Waals surface area contributed by atoms with Crippen LogP contribution in [0.5, 0.6) is 5.75 Å². The van der Waals surface area contributed by atoms with Crippen LogP contribution < -0.4 is 10.1 Å². The SMILES string of the molecule is COc1ccc(/C=C2\SC(=Nc3cccc(Cl)c3Cl)NC2=O)cc1[N+](=O)[O-]. The number of carbonyl (C=O) groups excluding carboxylic acids is 1. The van der Waals surface area contributed by atoms with E-state index in [0.717, 1.165) is 11.8 Å². The topological polar surface area (TPSA) is 93.8 Å². The number of carbonyl (C=O) groups is 1. The predicted octanol–water partition coefficient (Wildman–Crippen LogP) is 4.80. The summed E-state index contributed by atoms with van der Waals surface area (Å²) in [4.78, 5) is 27.4. The van der Waals surface area contributed by atoms with E-state index in [-0.39, 0.29) is 22.4 Å². The number of nitrogens with zero attached hydrogens (tertiary/aromatic N) is 2. The highest BCUT2D eigenvalue weighted by Crippen LogP contribution is 2.35. The van der Waals surface area contributed by atoms with E-state index in [2.05, 4.69) is 10.3 Å². The Balaban J connectivity index is 1.90. The van der Waals surface area contributed by atoms with Crippen LogP contribution in [0.4, 0.5) is 11.4 Å². The maximum atomic E-state index is 12.2. The zero-order valence-corrected chi connectivity index (χ0v) is 16.1. The third kappa shape index (κ3) is 4.24. The van der Waals surface area contributed by atoms with Gasteiger partial charge in [-0.2, -0.15) is 0 Å². The first-order valence-electron chi connectivity index (χ1n) is 7.45. The highest BCUT2D eigenvalue weighted by atomic mass is 35.5. The zero-order valence-electron chi connectivity index (χ0n) is 13.7. The van der Waals surface area contributed by atoms with Crippen molar-refractivity contribution in [3.05, 3.63) is 67.0 Å².